The number of nitrogens with zero attached hydrogens (tertiary/aromatic N) is 2. The van der Waals surface area contributed by atoms with Crippen LogP contribution < -0.4 is 4.74 Å². The normalized spacial score (nSPS) is 18.2. The molecule has 0 spiro atoms. The van der Waals surface area contributed by atoms with Gasteiger partial charge in [0.2, 0.25) is 0 Å². The molecule has 1 amide bonds. The Kier molecular flexibility index (Phi) is 6.39. The fourth-order valence-electron chi connectivity index (χ4n) is 3.41. The lowest BCUT2D eigenvalue weighted by atomic mass is 10.1. The summed E-state index contributed by atoms with van der Waals surface area (Å²) in [7, 11) is 0. The van der Waals surface area contributed by atoms with E-state index in [0.29, 0.717) is 30.9 Å². The molecule has 0 unspecified atom stereocenters. The molecule has 7 nitrogen and oxygen atoms in total. The number of rotatable bonds is 7. The van der Waals surface area contributed by atoms with Crippen molar-refractivity contribution in [2.75, 3.05) is 26.4 Å². The summed E-state index contributed by atoms with van der Waals surface area (Å²) in [6, 6.07) is 16.4. The molecule has 2 aromatic carbocycles. The number of hydrogen-bond acceptors (Lipinski definition) is 6. The maximum absolute atomic E-state index is 12.3. The molecule has 0 aliphatic carbocycles. The van der Waals surface area contributed by atoms with Crippen LogP contribution in [0.1, 0.15) is 35.2 Å². The first-order valence-electron chi connectivity index (χ1n) is 10.1. The quantitative estimate of drug-likeness (QED) is 0.658. The summed E-state index contributed by atoms with van der Waals surface area (Å²) >= 11 is 0. The van der Waals surface area contributed by atoms with Gasteiger partial charge in [-0.1, -0.05) is 30.3 Å². The molecule has 1 atom stereocenters. The van der Waals surface area contributed by atoms with Crippen molar-refractivity contribution in [3.63, 3.8) is 0 Å². The lowest BCUT2D eigenvalue weighted by Gasteiger charge is -2.12. The Balaban J connectivity index is 1.25. The van der Waals surface area contributed by atoms with Gasteiger partial charge < -0.3 is 14.2 Å². The van der Waals surface area contributed by atoms with Crippen molar-refractivity contribution in [2.45, 2.75) is 25.4 Å². The Morgan fingerprint density at radius 3 is 2.63 bits per heavy atom. The van der Waals surface area contributed by atoms with E-state index < -0.39 is 5.97 Å². The Morgan fingerprint density at radius 1 is 1.10 bits per heavy atom. The first-order valence-corrected chi connectivity index (χ1v) is 10.1. The van der Waals surface area contributed by atoms with E-state index in [1.54, 1.807) is 24.3 Å². The van der Waals surface area contributed by atoms with Gasteiger partial charge in [0.15, 0.2) is 6.61 Å². The molecule has 1 fully saturated rings. The maximum atomic E-state index is 12.3. The van der Waals surface area contributed by atoms with Gasteiger partial charge in [-0.05, 0) is 42.7 Å². The smallest absolute Gasteiger partial charge is 0.338 e. The lowest BCUT2D eigenvalue weighted by Crippen LogP contribution is -2.28. The van der Waals surface area contributed by atoms with Crippen LogP contribution in [0.2, 0.25) is 0 Å². The van der Waals surface area contributed by atoms with Gasteiger partial charge in [-0.2, -0.15) is 5.10 Å². The molecular weight excluding hydrogens is 384 g/mol. The second-order valence-corrected chi connectivity index (χ2v) is 7.23. The van der Waals surface area contributed by atoms with Crippen LogP contribution in [0.15, 0.2) is 59.7 Å². The van der Waals surface area contributed by atoms with E-state index >= 15 is 0 Å². The van der Waals surface area contributed by atoms with E-state index in [0.717, 1.165) is 30.7 Å². The van der Waals surface area contributed by atoms with Crippen molar-refractivity contribution in [3.05, 3.63) is 65.7 Å². The van der Waals surface area contributed by atoms with Gasteiger partial charge in [0.05, 0.1) is 23.9 Å². The molecule has 156 valence electrons. The zero-order chi connectivity index (χ0) is 20.8. The van der Waals surface area contributed by atoms with Crippen LogP contribution in [0, 0.1) is 0 Å². The number of benzene rings is 2. The predicted molar refractivity (Wildman–Crippen MR) is 111 cm³/mol. The third-order valence-corrected chi connectivity index (χ3v) is 5.07. The van der Waals surface area contributed by atoms with Crippen LogP contribution >= 0.6 is 0 Å². The Hall–Kier alpha value is -3.19. The highest BCUT2D eigenvalue weighted by Gasteiger charge is 2.23. The zero-order valence-corrected chi connectivity index (χ0v) is 16.7. The number of carbonyl (C=O) groups excluding carboxylic acids is 2. The standard InChI is InChI=1S/C23H24N2O5/c26-22(25-13-12-21(24-25)17-5-2-1-3-6-17)16-30-23(27)18-8-10-19(11-9-18)29-15-20-7-4-14-28-20/h1-3,5-6,8-11,20H,4,7,12-16H2/t20-/m0/s1. The van der Waals surface area contributed by atoms with Gasteiger partial charge >= 0.3 is 5.97 Å². The van der Waals surface area contributed by atoms with E-state index in [2.05, 4.69) is 5.10 Å². The molecule has 2 aliphatic heterocycles. The van der Waals surface area contributed by atoms with Crippen molar-refractivity contribution in [1.82, 2.24) is 5.01 Å². The van der Waals surface area contributed by atoms with Gasteiger partial charge in [-0.3, -0.25) is 4.79 Å². The number of hydrogen-bond donors (Lipinski definition) is 0. The molecule has 0 bridgehead atoms. The predicted octanol–water partition coefficient (Wildman–Crippen LogP) is 3.04. The summed E-state index contributed by atoms with van der Waals surface area (Å²) in [6.07, 6.45) is 2.88. The van der Waals surface area contributed by atoms with E-state index in [9.17, 15) is 9.59 Å². The minimum atomic E-state index is -0.555. The number of carbonyl (C=O) groups is 2. The Labute approximate surface area is 175 Å². The van der Waals surface area contributed by atoms with Gasteiger partial charge in [0, 0.05) is 13.0 Å². The molecule has 0 saturated carbocycles. The van der Waals surface area contributed by atoms with Crippen LogP contribution in [0.5, 0.6) is 5.75 Å². The molecule has 0 N–H and O–H groups in total. The SMILES string of the molecule is O=C(OCC(=O)N1CCC(c2ccccc2)=N1)c1ccc(OC[C@@H]2CCCO2)cc1. The minimum Gasteiger partial charge on any atom is -0.491 e. The molecule has 1 saturated heterocycles. The fraction of sp³-hybridized carbons (Fsp3) is 0.348. The van der Waals surface area contributed by atoms with Gasteiger partial charge in [-0.25, -0.2) is 9.80 Å². The van der Waals surface area contributed by atoms with E-state index in [1.807, 2.05) is 30.3 Å². The molecule has 30 heavy (non-hydrogen) atoms. The molecule has 0 aromatic heterocycles. The van der Waals surface area contributed by atoms with Crippen LogP contribution in [-0.2, 0) is 14.3 Å². The average Bonchev–Trinajstić information content (AvgIpc) is 3.49. The average molecular weight is 408 g/mol. The minimum absolute atomic E-state index is 0.135. The molecule has 2 aromatic rings. The van der Waals surface area contributed by atoms with Crippen molar-refractivity contribution in [1.29, 1.82) is 0 Å². The van der Waals surface area contributed by atoms with Gasteiger partial charge in [-0.15, -0.1) is 0 Å². The monoisotopic (exact) mass is 408 g/mol. The summed E-state index contributed by atoms with van der Waals surface area (Å²) in [5.41, 5.74) is 2.21. The number of esters is 1. The summed E-state index contributed by atoms with van der Waals surface area (Å²) < 4.78 is 16.4. The fourth-order valence-corrected chi connectivity index (χ4v) is 3.41. The Bertz CT molecular complexity index is 905. The van der Waals surface area contributed by atoms with Crippen molar-refractivity contribution in [3.8, 4) is 5.75 Å². The number of amides is 1. The maximum Gasteiger partial charge on any atom is 0.338 e. The van der Waals surface area contributed by atoms with Gasteiger partial charge in [0.25, 0.3) is 5.91 Å². The van der Waals surface area contributed by atoms with E-state index in [-0.39, 0.29) is 18.6 Å². The third-order valence-electron chi connectivity index (χ3n) is 5.07. The second kappa shape index (κ2) is 9.54. The first-order chi connectivity index (χ1) is 14.7. The third kappa shape index (κ3) is 5.04. The van der Waals surface area contributed by atoms with Crippen molar-refractivity contribution >= 4 is 17.6 Å². The van der Waals surface area contributed by atoms with E-state index in [1.165, 1.54) is 5.01 Å². The first kappa shape index (κ1) is 20.1. The second-order valence-electron chi connectivity index (χ2n) is 7.23. The largest absolute Gasteiger partial charge is 0.491 e. The molecule has 7 heteroatoms. The van der Waals surface area contributed by atoms with Gasteiger partial charge in [0.1, 0.15) is 12.4 Å². The summed E-state index contributed by atoms with van der Waals surface area (Å²) in [6.45, 7) is 1.42. The highest BCUT2D eigenvalue weighted by Crippen LogP contribution is 2.17. The zero-order valence-electron chi connectivity index (χ0n) is 16.7. The van der Waals surface area contributed by atoms with Crippen LogP contribution in [0.25, 0.3) is 0 Å². The number of ether oxygens (including phenoxy) is 3. The summed E-state index contributed by atoms with van der Waals surface area (Å²) in [5, 5.41) is 5.71. The van der Waals surface area contributed by atoms with E-state index in [4.69, 9.17) is 14.2 Å². The van der Waals surface area contributed by atoms with Crippen LogP contribution in [-0.4, -0.2) is 55.1 Å². The number of hydrazone groups is 1. The lowest BCUT2D eigenvalue weighted by molar-refractivity contribution is -0.134. The molecule has 0 radical (unpaired) electrons. The molecule has 2 heterocycles. The Morgan fingerprint density at radius 2 is 1.90 bits per heavy atom. The van der Waals surface area contributed by atoms with Crippen molar-refractivity contribution in [2.24, 2.45) is 5.10 Å². The topological polar surface area (TPSA) is 77.4 Å². The van der Waals surface area contributed by atoms with Crippen LogP contribution in [0.4, 0.5) is 0 Å². The van der Waals surface area contributed by atoms with Crippen LogP contribution in [0.3, 0.4) is 0 Å². The molecule has 2 aliphatic rings. The summed E-state index contributed by atoms with van der Waals surface area (Å²) in [4.78, 5) is 24.6. The molecular formula is C23H24N2O5. The highest BCUT2D eigenvalue weighted by atomic mass is 16.5. The highest BCUT2D eigenvalue weighted by molar-refractivity contribution is 6.02. The molecule has 4 rings (SSSR count). The van der Waals surface area contributed by atoms with Crippen molar-refractivity contribution < 1.29 is 23.8 Å². The summed E-state index contributed by atoms with van der Waals surface area (Å²) in [5.74, 6) is -0.232.